The van der Waals surface area contributed by atoms with Gasteiger partial charge in [-0.2, -0.15) is 0 Å². The van der Waals surface area contributed by atoms with Crippen LogP contribution >= 0.6 is 11.8 Å². The molecular formula is C18H23N4O2S+. The second-order valence-electron chi connectivity index (χ2n) is 6.15. The highest BCUT2D eigenvalue weighted by Gasteiger charge is 2.40. The topological polar surface area (TPSA) is 69.9 Å². The van der Waals surface area contributed by atoms with E-state index in [0.717, 1.165) is 36.3 Å². The zero-order valence-electron chi connectivity index (χ0n) is 14.8. The lowest BCUT2D eigenvalue weighted by Gasteiger charge is -2.29. The van der Waals surface area contributed by atoms with Crippen molar-refractivity contribution in [2.45, 2.75) is 51.4 Å². The molecule has 1 aliphatic rings. The molecule has 0 fully saturated rings. The number of unbranched alkanes of at least 4 members (excludes halogenated alkanes) is 2. The van der Waals surface area contributed by atoms with Gasteiger partial charge in [0.1, 0.15) is 0 Å². The van der Waals surface area contributed by atoms with Crippen LogP contribution in [0.15, 0.2) is 34.2 Å². The molecule has 3 rings (SSSR count). The molecule has 0 saturated carbocycles. The third kappa shape index (κ3) is 3.33. The highest BCUT2D eigenvalue weighted by Crippen LogP contribution is 2.34. The number of amides is 1. The smallest absolute Gasteiger partial charge is 0.291 e. The molecule has 0 spiro atoms. The molecule has 0 radical (unpaired) electrons. The highest BCUT2D eigenvalue weighted by molar-refractivity contribution is 7.99. The molecule has 1 atom stereocenters. The first-order chi connectivity index (χ1) is 12.0. The molecule has 0 unspecified atom stereocenters. The number of hydrogen-bond acceptors (Lipinski definition) is 4. The Hall–Kier alpha value is -2.15. The minimum atomic E-state index is -0.348. The number of carbonyl (C=O) groups excluding carboxylic acids is 1. The van der Waals surface area contributed by atoms with E-state index in [1.807, 2.05) is 31.2 Å². The molecule has 25 heavy (non-hydrogen) atoms. The molecule has 1 aromatic heterocycles. The van der Waals surface area contributed by atoms with Crippen molar-refractivity contribution in [3.63, 3.8) is 0 Å². The van der Waals surface area contributed by atoms with Crippen LogP contribution in [-0.4, -0.2) is 21.7 Å². The van der Waals surface area contributed by atoms with Crippen molar-refractivity contribution in [3.8, 4) is 11.3 Å². The van der Waals surface area contributed by atoms with Crippen LogP contribution in [0.2, 0.25) is 0 Å². The summed E-state index contributed by atoms with van der Waals surface area (Å²) in [6, 6.07) is 7.46. The normalized spacial score (nSPS) is 15.6. The molecule has 0 saturated heterocycles. The predicted molar refractivity (Wildman–Crippen MR) is 98.6 cm³/mol. The fraction of sp³-hybridized carbons (Fsp3) is 0.444. The Kier molecular flexibility index (Phi) is 5.22. The number of anilines is 1. The summed E-state index contributed by atoms with van der Waals surface area (Å²) < 4.78 is 1.67. The summed E-state index contributed by atoms with van der Waals surface area (Å²) in [6.45, 7) is 5.58. The Morgan fingerprint density at radius 3 is 2.84 bits per heavy atom. The highest BCUT2D eigenvalue weighted by atomic mass is 32.2. The maximum atomic E-state index is 12.7. The van der Waals surface area contributed by atoms with E-state index in [0.29, 0.717) is 10.9 Å². The molecule has 2 heterocycles. The summed E-state index contributed by atoms with van der Waals surface area (Å²) >= 11 is 1.55. The Morgan fingerprint density at radius 1 is 1.36 bits per heavy atom. The van der Waals surface area contributed by atoms with Gasteiger partial charge in [-0.15, -0.1) is 0 Å². The molecule has 6 nitrogen and oxygen atoms in total. The second kappa shape index (κ2) is 7.39. The van der Waals surface area contributed by atoms with Gasteiger partial charge in [0.05, 0.1) is 11.3 Å². The van der Waals surface area contributed by atoms with Crippen molar-refractivity contribution in [3.05, 3.63) is 34.6 Å². The van der Waals surface area contributed by atoms with Crippen LogP contribution in [0.1, 0.15) is 46.2 Å². The molecule has 132 valence electrons. The van der Waals surface area contributed by atoms with E-state index in [2.05, 4.69) is 17.0 Å². The number of aromatic nitrogens is 3. The van der Waals surface area contributed by atoms with Gasteiger partial charge < -0.3 is 0 Å². The maximum absolute atomic E-state index is 12.7. The Morgan fingerprint density at radius 2 is 2.12 bits per heavy atom. The SMILES string of the molecule is CCCCCSc1n[n+]2c(c(=O)[nH]1)-c1ccccc1N(C(C)=O)[C@@H]2C. The lowest BCUT2D eigenvalue weighted by molar-refractivity contribution is -0.768. The van der Waals surface area contributed by atoms with E-state index in [9.17, 15) is 9.59 Å². The standard InChI is InChI=1S/C18H22N4O2S/c1-4-5-8-11-25-18-19-17(24)16-14-9-6-7-10-15(14)21(13(3)23)12(2)22(16)20-18/h6-7,9-10,12H,4-5,8,11H2,1-3H3/p+1/t12-/m0/s1. The molecule has 0 aliphatic carbocycles. The van der Waals surface area contributed by atoms with Gasteiger partial charge in [-0.25, -0.2) is 0 Å². The average Bonchev–Trinajstić information content (AvgIpc) is 2.58. The van der Waals surface area contributed by atoms with Gasteiger partial charge >= 0.3 is 11.3 Å². The van der Waals surface area contributed by atoms with Gasteiger partial charge in [-0.05, 0) is 18.6 Å². The van der Waals surface area contributed by atoms with Gasteiger partial charge in [-0.3, -0.25) is 19.5 Å². The minimum Gasteiger partial charge on any atom is -0.291 e. The molecule has 7 heteroatoms. The number of nitrogens with one attached hydrogen (secondary N) is 1. The van der Waals surface area contributed by atoms with Gasteiger partial charge in [0.15, 0.2) is 0 Å². The molecule has 2 aromatic rings. The summed E-state index contributed by atoms with van der Waals surface area (Å²) in [5.41, 5.74) is 1.80. The van der Waals surface area contributed by atoms with Gasteiger partial charge in [0.25, 0.3) is 6.17 Å². The van der Waals surface area contributed by atoms with E-state index in [4.69, 9.17) is 0 Å². The van der Waals surface area contributed by atoms with E-state index < -0.39 is 0 Å². The summed E-state index contributed by atoms with van der Waals surface area (Å²) in [4.78, 5) is 29.5. The number of rotatable bonds is 5. The summed E-state index contributed by atoms with van der Waals surface area (Å²) in [5, 5.41) is 5.21. The van der Waals surface area contributed by atoms with Crippen molar-refractivity contribution in [2.24, 2.45) is 0 Å². The number of fused-ring (bicyclic) bond motifs is 3. The maximum Gasteiger partial charge on any atom is 0.325 e. The quantitative estimate of drug-likeness (QED) is 0.506. The van der Waals surface area contributed by atoms with Crippen LogP contribution < -0.4 is 15.1 Å². The van der Waals surface area contributed by atoms with E-state index in [-0.39, 0.29) is 17.6 Å². The number of hydrogen-bond donors (Lipinski definition) is 1. The first kappa shape index (κ1) is 17.7. The van der Waals surface area contributed by atoms with E-state index in [1.54, 1.807) is 21.3 Å². The van der Waals surface area contributed by atoms with Gasteiger partial charge in [0, 0.05) is 24.7 Å². The monoisotopic (exact) mass is 359 g/mol. The van der Waals surface area contributed by atoms with Crippen LogP contribution in [0.3, 0.4) is 0 Å². The fourth-order valence-electron chi connectivity index (χ4n) is 3.16. The Labute approximate surface area is 151 Å². The summed E-state index contributed by atoms with van der Waals surface area (Å²) in [6.07, 6.45) is 3.06. The third-order valence-corrected chi connectivity index (χ3v) is 5.29. The zero-order chi connectivity index (χ0) is 18.0. The van der Waals surface area contributed by atoms with Crippen LogP contribution in [-0.2, 0) is 4.79 Å². The number of benzene rings is 1. The second-order valence-corrected chi connectivity index (χ2v) is 7.23. The largest absolute Gasteiger partial charge is 0.325 e. The number of aromatic amines is 1. The summed E-state index contributed by atoms with van der Waals surface area (Å²) in [7, 11) is 0. The number of H-pyrrole nitrogens is 1. The minimum absolute atomic E-state index is 0.0719. The first-order valence-electron chi connectivity index (χ1n) is 8.62. The molecule has 0 bridgehead atoms. The Bertz CT molecular complexity index is 849. The van der Waals surface area contributed by atoms with Crippen LogP contribution in [0, 0.1) is 0 Å². The van der Waals surface area contributed by atoms with E-state index in [1.165, 1.54) is 6.92 Å². The lowest BCUT2D eigenvalue weighted by Crippen LogP contribution is -2.59. The number of para-hydroxylation sites is 1. The van der Waals surface area contributed by atoms with Crippen molar-refractivity contribution >= 4 is 23.4 Å². The third-order valence-electron chi connectivity index (χ3n) is 4.34. The van der Waals surface area contributed by atoms with Crippen molar-refractivity contribution in [1.29, 1.82) is 0 Å². The van der Waals surface area contributed by atoms with Crippen molar-refractivity contribution in [2.75, 3.05) is 10.7 Å². The van der Waals surface area contributed by atoms with Crippen LogP contribution in [0.25, 0.3) is 11.3 Å². The van der Waals surface area contributed by atoms with Gasteiger partial charge in [0.2, 0.25) is 11.1 Å². The molecule has 1 amide bonds. The van der Waals surface area contributed by atoms with Crippen LogP contribution in [0.4, 0.5) is 5.69 Å². The summed E-state index contributed by atoms with van der Waals surface area (Å²) in [5.74, 6) is 0.842. The van der Waals surface area contributed by atoms with Gasteiger partial charge in [-0.1, -0.05) is 48.3 Å². The molecule has 1 aliphatic heterocycles. The number of nitrogens with zero attached hydrogens (tertiary/aromatic N) is 3. The molecule has 1 aromatic carbocycles. The first-order valence-corrected chi connectivity index (χ1v) is 9.61. The lowest BCUT2D eigenvalue weighted by atomic mass is 10.1. The van der Waals surface area contributed by atoms with E-state index >= 15 is 0 Å². The molecular weight excluding hydrogens is 336 g/mol. The van der Waals surface area contributed by atoms with Crippen molar-refractivity contribution < 1.29 is 9.48 Å². The number of carbonyl (C=O) groups is 1. The average molecular weight is 359 g/mol. The fourth-order valence-corrected chi connectivity index (χ4v) is 4.01. The zero-order valence-corrected chi connectivity index (χ0v) is 15.6. The Balaban J connectivity index is 2.05. The van der Waals surface area contributed by atoms with Crippen molar-refractivity contribution in [1.82, 2.24) is 10.1 Å². The molecule has 1 N–H and O–H groups in total. The van der Waals surface area contributed by atoms with Crippen LogP contribution in [0.5, 0.6) is 0 Å². The number of thioether (sulfide) groups is 1. The predicted octanol–water partition coefficient (Wildman–Crippen LogP) is 2.89.